The van der Waals surface area contributed by atoms with Crippen LogP contribution in [0.15, 0.2) is 53.1 Å². The molecule has 1 fully saturated rings. The summed E-state index contributed by atoms with van der Waals surface area (Å²) < 4.78 is 5.79. The molecule has 0 aliphatic carbocycles. The Labute approximate surface area is 196 Å². The first-order chi connectivity index (χ1) is 15.4. The standard InChI is InChI=1S/C24H24ClN3O3S/c1-15-7-8-17(11-16(15)2)27-24(30)20-13-32-14-28(20)23(29)10-9-22-26-12-21(31-22)18-5-3-4-6-19(18)25/h3-8,11-12,20H,9-10,13-14H2,1-2H3,(H,27,30). The summed E-state index contributed by atoms with van der Waals surface area (Å²) in [4.78, 5) is 31.6. The number of thioether (sulfide) groups is 1. The van der Waals surface area contributed by atoms with Crippen LogP contribution in [0.2, 0.25) is 5.02 Å². The number of halogens is 1. The van der Waals surface area contributed by atoms with Gasteiger partial charge in [0.05, 0.1) is 17.1 Å². The van der Waals surface area contributed by atoms with E-state index in [2.05, 4.69) is 10.3 Å². The van der Waals surface area contributed by atoms with E-state index in [0.29, 0.717) is 34.7 Å². The third-order valence-electron chi connectivity index (χ3n) is 5.53. The number of nitrogens with zero attached hydrogens (tertiary/aromatic N) is 2. The minimum Gasteiger partial charge on any atom is -0.441 e. The largest absolute Gasteiger partial charge is 0.441 e. The predicted octanol–water partition coefficient (Wildman–Crippen LogP) is 5.08. The maximum absolute atomic E-state index is 12.9. The summed E-state index contributed by atoms with van der Waals surface area (Å²) in [7, 11) is 0. The van der Waals surface area contributed by atoms with Crippen molar-refractivity contribution in [1.29, 1.82) is 0 Å². The van der Waals surface area contributed by atoms with Gasteiger partial charge in [-0.05, 0) is 49.2 Å². The van der Waals surface area contributed by atoms with Crippen LogP contribution < -0.4 is 5.32 Å². The van der Waals surface area contributed by atoms with E-state index < -0.39 is 6.04 Å². The number of carbonyl (C=O) groups excluding carboxylic acids is 2. The van der Waals surface area contributed by atoms with Crippen LogP contribution in [0.1, 0.15) is 23.4 Å². The van der Waals surface area contributed by atoms with Gasteiger partial charge in [-0.25, -0.2) is 4.98 Å². The summed E-state index contributed by atoms with van der Waals surface area (Å²) in [5.74, 6) is 1.87. The lowest BCUT2D eigenvalue weighted by Gasteiger charge is -2.23. The molecule has 1 atom stereocenters. The first-order valence-electron chi connectivity index (χ1n) is 10.4. The number of aryl methyl sites for hydroxylation is 3. The highest BCUT2D eigenvalue weighted by Gasteiger charge is 2.34. The summed E-state index contributed by atoms with van der Waals surface area (Å²) >= 11 is 7.79. The second-order valence-electron chi connectivity index (χ2n) is 7.77. The average Bonchev–Trinajstić information content (AvgIpc) is 3.45. The van der Waals surface area contributed by atoms with E-state index in [0.717, 1.165) is 16.8 Å². The minimum atomic E-state index is -0.489. The van der Waals surface area contributed by atoms with Crippen molar-refractivity contribution in [2.24, 2.45) is 0 Å². The van der Waals surface area contributed by atoms with Crippen molar-refractivity contribution >= 4 is 40.9 Å². The Morgan fingerprint density at radius 2 is 2.03 bits per heavy atom. The quantitative estimate of drug-likeness (QED) is 0.544. The van der Waals surface area contributed by atoms with Gasteiger partial charge in [0.2, 0.25) is 11.8 Å². The molecule has 166 valence electrons. The van der Waals surface area contributed by atoms with Gasteiger partial charge in [0.25, 0.3) is 0 Å². The maximum atomic E-state index is 12.9. The molecule has 0 spiro atoms. The zero-order valence-corrected chi connectivity index (χ0v) is 19.5. The minimum absolute atomic E-state index is 0.0901. The second kappa shape index (κ2) is 9.79. The smallest absolute Gasteiger partial charge is 0.248 e. The molecule has 1 N–H and O–H groups in total. The molecule has 6 nitrogen and oxygen atoms in total. The monoisotopic (exact) mass is 469 g/mol. The molecule has 1 aliphatic rings. The van der Waals surface area contributed by atoms with Crippen molar-refractivity contribution in [3.8, 4) is 11.3 Å². The van der Waals surface area contributed by atoms with Crippen molar-refractivity contribution in [3.63, 3.8) is 0 Å². The van der Waals surface area contributed by atoms with Gasteiger partial charge in [-0.1, -0.05) is 29.8 Å². The Morgan fingerprint density at radius 3 is 2.81 bits per heavy atom. The van der Waals surface area contributed by atoms with Gasteiger partial charge >= 0.3 is 0 Å². The first kappa shape index (κ1) is 22.4. The third kappa shape index (κ3) is 5.00. The lowest BCUT2D eigenvalue weighted by atomic mass is 10.1. The molecule has 1 saturated heterocycles. The van der Waals surface area contributed by atoms with Crippen LogP contribution in [-0.2, 0) is 16.0 Å². The second-order valence-corrected chi connectivity index (χ2v) is 9.17. The van der Waals surface area contributed by atoms with E-state index in [1.807, 2.05) is 50.2 Å². The number of amides is 2. The molecule has 2 heterocycles. The molecule has 0 bridgehead atoms. The van der Waals surface area contributed by atoms with Crippen molar-refractivity contribution < 1.29 is 14.0 Å². The van der Waals surface area contributed by atoms with Gasteiger partial charge in [-0.15, -0.1) is 11.8 Å². The third-order valence-corrected chi connectivity index (χ3v) is 6.87. The van der Waals surface area contributed by atoms with Crippen molar-refractivity contribution in [3.05, 3.63) is 70.7 Å². The fourth-order valence-electron chi connectivity index (χ4n) is 3.52. The van der Waals surface area contributed by atoms with Gasteiger partial charge in [0, 0.05) is 29.8 Å². The van der Waals surface area contributed by atoms with Crippen LogP contribution in [0, 0.1) is 13.8 Å². The average molecular weight is 470 g/mol. The molecule has 0 radical (unpaired) electrons. The molecule has 1 aliphatic heterocycles. The van der Waals surface area contributed by atoms with Crippen LogP contribution in [0.3, 0.4) is 0 Å². The number of rotatable bonds is 6. The number of carbonyl (C=O) groups is 2. The fraction of sp³-hybridized carbons (Fsp3) is 0.292. The summed E-state index contributed by atoms with van der Waals surface area (Å²) in [6, 6.07) is 12.7. The van der Waals surface area contributed by atoms with Crippen LogP contribution in [0.5, 0.6) is 0 Å². The number of anilines is 1. The summed E-state index contributed by atoms with van der Waals surface area (Å²) in [6.07, 6.45) is 2.19. The van der Waals surface area contributed by atoms with Gasteiger partial charge in [0.1, 0.15) is 6.04 Å². The van der Waals surface area contributed by atoms with Crippen molar-refractivity contribution in [2.45, 2.75) is 32.7 Å². The number of nitrogens with one attached hydrogen (secondary N) is 1. The van der Waals surface area contributed by atoms with E-state index >= 15 is 0 Å². The van der Waals surface area contributed by atoms with Crippen LogP contribution in [-0.4, -0.2) is 39.4 Å². The van der Waals surface area contributed by atoms with E-state index in [1.54, 1.807) is 28.9 Å². The Bertz CT molecular complexity index is 1150. The maximum Gasteiger partial charge on any atom is 0.248 e. The first-order valence-corrected chi connectivity index (χ1v) is 11.9. The Kier molecular flexibility index (Phi) is 6.86. The molecule has 32 heavy (non-hydrogen) atoms. The molecule has 4 rings (SSSR count). The van der Waals surface area contributed by atoms with Crippen LogP contribution in [0.25, 0.3) is 11.3 Å². The fourth-order valence-corrected chi connectivity index (χ4v) is 4.93. The molecule has 1 unspecified atom stereocenters. The van der Waals surface area contributed by atoms with Crippen LogP contribution >= 0.6 is 23.4 Å². The molecule has 8 heteroatoms. The van der Waals surface area contributed by atoms with Crippen molar-refractivity contribution in [1.82, 2.24) is 9.88 Å². The number of aromatic nitrogens is 1. The Morgan fingerprint density at radius 1 is 1.22 bits per heavy atom. The van der Waals surface area contributed by atoms with E-state index in [9.17, 15) is 9.59 Å². The zero-order chi connectivity index (χ0) is 22.7. The number of hydrogen-bond acceptors (Lipinski definition) is 5. The Hall–Kier alpha value is -2.77. The van der Waals surface area contributed by atoms with Gasteiger partial charge < -0.3 is 14.6 Å². The normalized spacial score (nSPS) is 15.7. The molecular formula is C24H24ClN3O3S. The summed E-state index contributed by atoms with van der Waals surface area (Å²) in [5.41, 5.74) is 3.78. The molecule has 2 amide bonds. The number of oxazole rings is 1. The van der Waals surface area contributed by atoms with E-state index in [-0.39, 0.29) is 18.2 Å². The van der Waals surface area contributed by atoms with Gasteiger partial charge in [0.15, 0.2) is 11.7 Å². The molecule has 3 aromatic rings. The lowest BCUT2D eigenvalue weighted by Crippen LogP contribution is -2.44. The number of hydrogen-bond donors (Lipinski definition) is 1. The Balaban J connectivity index is 1.36. The number of benzene rings is 2. The highest BCUT2D eigenvalue weighted by atomic mass is 35.5. The van der Waals surface area contributed by atoms with Gasteiger partial charge in [-0.2, -0.15) is 0 Å². The van der Waals surface area contributed by atoms with Crippen molar-refractivity contribution in [2.75, 3.05) is 16.9 Å². The highest BCUT2D eigenvalue weighted by Crippen LogP contribution is 2.29. The molecule has 1 aromatic heterocycles. The topological polar surface area (TPSA) is 75.4 Å². The van der Waals surface area contributed by atoms with E-state index in [1.165, 1.54) is 5.56 Å². The van der Waals surface area contributed by atoms with Gasteiger partial charge in [-0.3, -0.25) is 9.59 Å². The van der Waals surface area contributed by atoms with Crippen LogP contribution in [0.4, 0.5) is 5.69 Å². The van der Waals surface area contributed by atoms with E-state index in [4.69, 9.17) is 16.0 Å². The molecule has 0 saturated carbocycles. The molecule has 2 aromatic carbocycles. The summed E-state index contributed by atoms with van der Waals surface area (Å²) in [6.45, 7) is 4.03. The molecular weight excluding hydrogens is 446 g/mol. The SMILES string of the molecule is Cc1ccc(NC(=O)C2CSCN2C(=O)CCc2ncc(-c3ccccc3Cl)o2)cc1C. The zero-order valence-electron chi connectivity index (χ0n) is 17.9. The predicted molar refractivity (Wildman–Crippen MR) is 128 cm³/mol. The highest BCUT2D eigenvalue weighted by molar-refractivity contribution is 7.99. The summed E-state index contributed by atoms with van der Waals surface area (Å²) in [5, 5.41) is 3.53. The lowest BCUT2D eigenvalue weighted by molar-refractivity contribution is -0.136.